The van der Waals surface area contributed by atoms with Gasteiger partial charge in [0.25, 0.3) is 0 Å². The maximum atomic E-state index is 14.5. The number of benzene rings is 3. The van der Waals surface area contributed by atoms with Crippen LogP contribution < -0.4 is 20.1 Å². The number of likely N-dealkylation sites (tertiary alicyclic amines) is 1. The second-order valence-electron chi connectivity index (χ2n) is 10.3. The fraction of sp³-hybridized carbons (Fsp3) is 0.300. The van der Waals surface area contributed by atoms with E-state index in [-0.39, 0.29) is 18.2 Å². The molecule has 0 bridgehead atoms. The Hall–Kier alpha value is -4.44. The van der Waals surface area contributed by atoms with Crippen LogP contribution in [-0.2, 0) is 32.8 Å². The van der Waals surface area contributed by atoms with Crippen LogP contribution in [-0.4, -0.2) is 54.5 Å². The molecule has 6 rings (SSSR count). The normalized spacial score (nSPS) is 24.8. The van der Waals surface area contributed by atoms with Gasteiger partial charge >= 0.3 is 0 Å². The smallest absolute Gasteiger partial charge is 0.250 e. The summed E-state index contributed by atoms with van der Waals surface area (Å²) in [4.78, 5) is 42.7. The van der Waals surface area contributed by atoms with E-state index in [2.05, 4.69) is 10.6 Å². The number of aromatic hydroxyl groups is 1. The number of nitrogens with one attached hydrogen (secondary N) is 2. The number of hydrogen-bond donors (Lipinski definition) is 3. The number of anilines is 1. The third-order valence-electron chi connectivity index (χ3n) is 8.23. The Bertz CT molecular complexity index is 1530. The van der Waals surface area contributed by atoms with Gasteiger partial charge in [0.1, 0.15) is 17.1 Å². The fourth-order valence-electron chi connectivity index (χ4n) is 6.39. The SMILES string of the molecule is COc1ccc(CCN2C(=O)[C@H]3[C@@H](C2=O)[C@@]2(N[C@@H]3Cc3ccc(O)cc3)C(=O)Nc3ccc(F)cc32)cc1OC. The molecular formula is C30H28FN3O6. The maximum absolute atomic E-state index is 14.5. The molecule has 0 aliphatic carbocycles. The molecule has 3 aliphatic rings. The van der Waals surface area contributed by atoms with E-state index >= 15 is 0 Å². The molecule has 40 heavy (non-hydrogen) atoms. The summed E-state index contributed by atoms with van der Waals surface area (Å²) in [5, 5.41) is 15.8. The van der Waals surface area contributed by atoms with Crippen molar-refractivity contribution in [3.63, 3.8) is 0 Å². The molecule has 4 atom stereocenters. The van der Waals surface area contributed by atoms with E-state index in [9.17, 15) is 23.9 Å². The summed E-state index contributed by atoms with van der Waals surface area (Å²) in [6.45, 7) is 0.111. The minimum atomic E-state index is -1.59. The number of methoxy groups -OCH3 is 2. The monoisotopic (exact) mass is 545 g/mol. The summed E-state index contributed by atoms with van der Waals surface area (Å²) in [6, 6.07) is 15.3. The number of imide groups is 1. The zero-order chi connectivity index (χ0) is 28.2. The highest BCUT2D eigenvalue weighted by atomic mass is 19.1. The van der Waals surface area contributed by atoms with Crippen LogP contribution in [0.1, 0.15) is 16.7 Å². The van der Waals surface area contributed by atoms with Gasteiger partial charge in [0.15, 0.2) is 11.5 Å². The van der Waals surface area contributed by atoms with Crippen molar-refractivity contribution < 1.29 is 33.4 Å². The van der Waals surface area contributed by atoms with Crippen LogP contribution in [0.25, 0.3) is 0 Å². The number of ether oxygens (including phenoxy) is 2. The van der Waals surface area contributed by atoms with E-state index < -0.39 is 41.0 Å². The molecule has 0 unspecified atom stereocenters. The second-order valence-corrected chi connectivity index (χ2v) is 10.3. The number of halogens is 1. The lowest BCUT2D eigenvalue weighted by Crippen LogP contribution is -2.53. The van der Waals surface area contributed by atoms with Crippen molar-refractivity contribution in [1.82, 2.24) is 10.2 Å². The van der Waals surface area contributed by atoms with Crippen molar-refractivity contribution in [2.75, 3.05) is 26.1 Å². The van der Waals surface area contributed by atoms with Gasteiger partial charge in [-0.3, -0.25) is 24.6 Å². The van der Waals surface area contributed by atoms with Gasteiger partial charge in [-0.2, -0.15) is 0 Å². The zero-order valence-electron chi connectivity index (χ0n) is 21.9. The average Bonchev–Trinajstić information content (AvgIpc) is 3.52. The van der Waals surface area contributed by atoms with Crippen LogP contribution in [0.3, 0.4) is 0 Å². The summed E-state index contributed by atoms with van der Waals surface area (Å²) >= 11 is 0. The molecule has 0 aromatic heterocycles. The fourth-order valence-corrected chi connectivity index (χ4v) is 6.39. The highest BCUT2D eigenvalue weighted by Crippen LogP contribution is 2.53. The zero-order valence-corrected chi connectivity index (χ0v) is 21.9. The lowest BCUT2D eigenvalue weighted by Gasteiger charge is -2.29. The van der Waals surface area contributed by atoms with Crippen LogP contribution in [0, 0.1) is 17.7 Å². The third kappa shape index (κ3) is 3.90. The second kappa shape index (κ2) is 9.63. The van der Waals surface area contributed by atoms with Gasteiger partial charge in [0.05, 0.1) is 26.1 Å². The van der Waals surface area contributed by atoms with Gasteiger partial charge in [0, 0.05) is 23.8 Å². The number of hydrogen-bond acceptors (Lipinski definition) is 7. The molecule has 2 saturated heterocycles. The van der Waals surface area contributed by atoms with Gasteiger partial charge < -0.3 is 19.9 Å². The van der Waals surface area contributed by atoms with Crippen LogP contribution in [0.5, 0.6) is 17.2 Å². The predicted molar refractivity (Wildman–Crippen MR) is 142 cm³/mol. The van der Waals surface area contributed by atoms with Crippen molar-refractivity contribution >= 4 is 23.4 Å². The Morgan fingerprint density at radius 3 is 2.38 bits per heavy atom. The van der Waals surface area contributed by atoms with Gasteiger partial charge in [-0.1, -0.05) is 18.2 Å². The van der Waals surface area contributed by atoms with Crippen molar-refractivity contribution in [2.24, 2.45) is 11.8 Å². The molecule has 3 aromatic carbocycles. The minimum Gasteiger partial charge on any atom is -0.508 e. The highest BCUT2D eigenvalue weighted by Gasteiger charge is 2.70. The van der Waals surface area contributed by atoms with Crippen LogP contribution in [0.4, 0.5) is 10.1 Å². The summed E-state index contributed by atoms with van der Waals surface area (Å²) in [6.07, 6.45) is 0.696. The average molecular weight is 546 g/mol. The molecule has 10 heteroatoms. The van der Waals surface area contributed by atoms with E-state index in [0.29, 0.717) is 35.6 Å². The van der Waals surface area contributed by atoms with E-state index in [4.69, 9.17) is 9.47 Å². The summed E-state index contributed by atoms with van der Waals surface area (Å²) < 4.78 is 25.1. The van der Waals surface area contributed by atoms with E-state index in [1.54, 1.807) is 43.5 Å². The molecule has 3 aliphatic heterocycles. The number of phenolic OH excluding ortho intramolecular Hbond substituents is 1. The lowest BCUT2D eigenvalue weighted by molar-refractivity contribution is -0.142. The molecule has 3 aromatic rings. The van der Waals surface area contributed by atoms with E-state index in [1.165, 1.54) is 30.2 Å². The van der Waals surface area contributed by atoms with Gasteiger partial charge in [-0.15, -0.1) is 0 Å². The molecule has 3 heterocycles. The molecule has 0 radical (unpaired) electrons. The first-order valence-corrected chi connectivity index (χ1v) is 13.0. The lowest BCUT2D eigenvalue weighted by atomic mass is 9.76. The van der Waals surface area contributed by atoms with Crippen molar-refractivity contribution in [2.45, 2.75) is 24.4 Å². The third-order valence-corrected chi connectivity index (χ3v) is 8.23. The van der Waals surface area contributed by atoms with Crippen molar-refractivity contribution in [1.29, 1.82) is 0 Å². The van der Waals surface area contributed by atoms with Gasteiger partial charge in [-0.25, -0.2) is 4.39 Å². The summed E-state index contributed by atoms with van der Waals surface area (Å²) in [7, 11) is 3.07. The molecule has 9 nitrogen and oxygen atoms in total. The largest absolute Gasteiger partial charge is 0.508 e. The number of phenols is 1. The molecule has 0 saturated carbocycles. The number of rotatable bonds is 7. The Morgan fingerprint density at radius 1 is 0.925 bits per heavy atom. The number of amides is 3. The number of fused-ring (bicyclic) bond motifs is 4. The molecule has 206 valence electrons. The number of nitrogens with zero attached hydrogens (tertiary/aromatic N) is 1. The number of carbonyl (C=O) groups is 3. The highest BCUT2D eigenvalue weighted by molar-refractivity contribution is 6.15. The standard InChI is InChI=1S/C30H28FN3O6/c1-39-23-10-5-17(14-24(23)40-2)11-12-34-27(36)25-22(13-16-3-7-19(35)8-4-16)33-30(26(25)28(34)37)20-15-18(31)6-9-21(20)32-29(30)38/h3-10,14-15,22,25-26,33,35H,11-13H2,1-2H3,(H,32,38)/t22-,25-,26+,30-/m1/s1. The Balaban J connectivity index is 1.36. The van der Waals surface area contributed by atoms with Crippen LogP contribution >= 0.6 is 0 Å². The minimum absolute atomic E-state index is 0.102. The van der Waals surface area contributed by atoms with Crippen LogP contribution in [0.15, 0.2) is 60.7 Å². The van der Waals surface area contributed by atoms with Gasteiger partial charge in [-0.05, 0) is 66.4 Å². The first-order chi connectivity index (χ1) is 19.3. The molecule has 3 N–H and O–H groups in total. The van der Waals surface area contributed by atoms with Crippen molar-refractivity contribution in [3.8, 4) is 17.2 Å². The van der Waals surface area contributed by atoms with E-state index in [0.717, 1.165) is 11.1 Å². The first kappa shape index (κ1) is 25.8. The Kier molecular flexibility index (Phi) is 6.22. The Labute approximate surface area is 229 Å². The summed E-state index contributed by atoms with van der Waals surface area (Å²) in [5.41, 5.74) is 0.799. The maximum Gasteiger partial charge on any atom is 0.250 e. The predicted octanol–water partition coefficient (Wildman–Crippen LogP) is 2.75. The quantitative estimate of drug-likeness (QED) is 0.391. The Morgan fingerprint density at radius 2 is 1.65 bits per heavy atom. The topological polar surface area (TPSA) is 117 Å². The molecule has 2 fully saturated rings. The van der Waals surface area contributed by atoms with Gasteiger partial charge in [0.2, 0.25) is 17.7 Å². The molecule has 3 amide bonds. The van der Waals surface area contributed by atoms with E-state index in [1.807, 2.05) is 6.07 Å². The molecular weight excluding hydrogens is 517 g/mol. The van der Waals surface area contributed by atoms with Crippen molar-refractivity contribution in [3.05, 3.63) is 83.2 Å². The van der Waals surface area contributed by atoms with Crippen LogP contribution in [0.2, 0.25) is 0 Å². The first-order valence-electron chi connectivity index (χ1n) is 13.0. The molecule has 1 spiro atoms. The summed E-state index contributed by atoms with van der Waals surface area (Å²) in [5.74, 6) is -2.56. The number of carbonyl (C=O) groups excluding carboxylic acids is 3.